The third kappa shape index (κ3) is 4.61. The van der Waals surface area contributed by atoms with Gasteiger partial charge in [-0.3, -0.25) is 9.48 Å². The second-order valence-electron chi connectivity index (χ2n) is 9.86. The molecule has 1 aliphatic heterocycles. The molecule has 194 valence electrons. The summed E-state index contributed by atoms with van der Waals surface area (Å²) < 4.78 is 3.51. The zero-order valence-electron chi connectivity index (χ0n) is 21.9. The zero-order valence-corrected chi connectivity index (χ0v) is 21.9. The Bertz CT molecular complexity index is 1670. The van der Waals surface area contributed by atoms with Gasteiger partial charge in [0.1, 0.15) is 11.9 Å². The highest BCUT2D eigenvalue weighted by Gasteiger charge is 2.26. The minimum Gasteiger partial charge on any atom is -0.353 e. The highest BCUT2D eigenvalue weighted by Crippen LogP contribution is 2.32. The van der Waals surface area contributed by atoms with E-state index in [9.17, 15) is 10.1 Å². The monoisotopic (exact) mass is 516 g/mol. The number of anilines is 1. The van der Waals surface area contributed by atoms with Gasteiger partial charge < -0.3 is 9.80 Å². The molecular formula is C30H28N8O. The lowest BCUT2D eigenvalue weighted by molar-refractivity contribution is -0.132. The Morgan fingerprint density at radius 3 is 2.38 bits per heavy atom. The number of fused-ring (bicyclic) bond motifs is 1. The summed E-state index contributed by atoms with van der Waals surface area (Å²) in [5.41, 5.74) is 6.01. The van der Waals surface area contributed by atoms with Crippen molar-refractivity contribution in [1.29, 1.82) is 5.26 Å². The molecule has 9 nitrogen and oxygen atoms in total. The summed E-state index contributed by atoms with van der Waals surface area (Å²) in [6.45, 7) is 4.75. The van der Waals surface area contributed by atoms with Gasteiger partial charge in [-0.15, -0.1) is 0 Å². The van der Waals surface area contributed by atoms with Crippen LogP contribution in [0.1, 0.15) is 24.0 Å². The molecule has 0 radical (unpaired) electrons. The summed E-state index contributed by atoms with van der Waals surface area (Å²) in [6, 6.07) is 18.3. The van der Waals surface area contributed by atoms with E-state index in [1.54, 1.807) is 15.4 Å². The number of rotatable bonds is 5. The van der Waals surface area contributed by atoms with Crippen LogP contribution in [0.4, 0.5) is 5.82 Å². The Morgan fingerprint density at radius 2 is 1.72 bits per heavy atom. The van der Waals surface area contributed by atoms with Crippen LogP contribution in [0, 0.1) is 11.3 Å². The predicted octanol–water partition coefficient (Wildman–Crippen LogP) is 4.12. The van der Waals surface area contributed by atoms with Crippen LogP contribution >= 0.6 is 0 Å². The van der Waals surface area contributed by atoms with E-state index in [0.717, 1.165) is 52.2 Å². The van der Waals surface area contributed by atoms with Gasteiger partial charge in [-0.05, 0) is 30.7 Å². The minimum absolute atomic E-state index is 0.156. The van der Waals surface area contributed by atoms with Gasteiger partial charge in [0.15, 0.2) is 0 Å². The summed E-state index contributed by atoms with van der Waals surface area (Å²) in [5, 5.41) is 18.4. The quantitative estimate of drug-likeness (QED) is 0.349. The third-order valence-electron chi connectivity index (χ3n) is 7.41. The van der Waals surface area contributed by atoms with Crippen LogP contribution in [0.25, 0.3) is 27.8 Å². The van der Waals surface area contributed by atoms with Crippen molar-refractivity contribution in [3.63, 3.8) is 0 Å². The average molecular weight is 517 g/mol. The van der Waals surface area contributed by atoms with Crippen LogP contribution in [0.3, 0.4) is 0 Å². The molecule has 0 N–H and O–H groups in total. The van der Waals surface area contributed by atoms with Gasteiger partial charge in [0, 0.05) is 74.1 Å². The van der Waals surface area contributed by atoms with E-state index in [0.29, 0.717) is 18.7 Å². The zero-order chi connectivity index (χ0) is 26.9. The van der Waals surface area contributed by atoms with Crippen molar-refractivity contribution in [3.05, 3.63) is 90.6 Å². The Balaban J connectivity index is 1.22. The van der Waals surface area contributed by atoms with Gasteiger partial charge in [0.2, 0.25) is 5.91 Å². The van der Waals surface area contributed by atoms with Crippen LogP contribution in [0.15, 0.2) is 79.5 Å². The molecule has 1 aromatic carbocycles. The number of hydrogen-bond donors (Lipinski definition) is 0. The molecule has 39 heavy (non-hydrogen) atoms. The first-order valence-corrected chi connectivity index (χ1v) is 13.0. The molecule has 1 aliphatic rings. The van der Waals surface area contributed by atoms with E-state index in [1.807, 2.05) is 86.1 Å². The predicted molar refractivity (Wildman–Crippen MR) is 149 cm³/mol. The Morgan fingerprint density at radius 1 is 0.923 bits per heavy atom. The standard InChI is InChI=1S/C30H28N8O/c1-21(22-6-4-3-5-7-22)30(39)37-12-10-36(11-13-37)28-9-8-23(16-32-28)27-14-24(26-18-33-35(2)19-26)20-38-29(27)25(15-31)17-34-38/h3-9,14,16-21H,10-13H2,1-2H3. The van der Waals surface area contributed by atoms with Gasteiger partial charge in [0.25, 0.3) is 0 Å². The smallest absolute Gasteiger partial charge is 0.229 e. The number of nitrogens with zero attached hydrogens (tertiary/aromatic N) is 8. The SMILES string of the molecule is CC(C(=O)N1CCN(c2ccc(-c3cc(-c4cnn(C)c4)cn4ncc(C#N)c34)cn2)CC1)c1ccccc1. The molecule has 1 saturated heterocycles. The molecule has 4 aromatic heterocycles. The van der Waals surface area contributed by atoms with E-state index >= 15 is 0 Å². The molecule has 6 rings (SSSR count). The van der Waals surface area contributed by atoms with Gasteiger partial charge in [-0.25, -0.2) is 9.50 Å². The molecular weight excluding hydrogens is 488 g/mol. The van der Waals surface area contributed by atoms with Crippen LogP contribution < -0.4 is 4.90 Å². The summed E-state index contributed by atoms with van der Waals surface area (Å²) in [7, 11) is 1.88. The number of pyridine rings is 2. The molecule has 5 heterocycles. The second-order valence-corrected chi connectivity index (χ2v) is 9.86. The first kappa shape index (κ1) is 24.4. The Hall–Kier alpha value is -4.97. The number of nitriles is 1. The van der Waals surface area contributed by atoms with Crippen molar-refractivity contribution in [3.8, 4) is 28.3 Å². The highest BCUT2D eigenvalue weighted by molar-refractivity contribution is 5.87. The first-order valence-electron chi connectivity index (χ1n) is 13.0. The normalized spacial score (nSPS) is 14.4. The summed E-state index contributed by atoms with van der Waals surface area (Å²) in [5.74, 6) is 0.877. The number of carbonyl (C=O) groups is 1. The Kier molecular flexibility index (Phi) is 6.29. The molecule has 0 aliphatic carbocycles. The lowest BCUT2D eigenvalue weighted by Crippen LogP contribution is -2.50. The topological polar surface area (TPSA) is 95.4 Å². The van der Waals surface area contributed by atoms with Crippen molar-refractivity contribution in [2.75, 3.05) is 31.1 Å². The van der Waals surface area contributed by atoms with E-state index in [1.165, 1.54) is 0 Å². The van der Waals surface area contributed by atoms with E-state index in [2.05, 4.69) is 27.2 Å². The maximum absolute atomic E-state index is 13.1. The molecule has 0 saturated carbocycles. The van der Waals surface area contributed by atoms with Crippen molar-refractivity contribution in [2.24, 2.45) is 7.05 Å². The number of hydrogen-bond acceptors (Lipinski definition) is 6. The molecule has 9 heteroatoms. The summed E-state index contributed by atoms with van der Waals surface area (Å²) in [4.78, 5) is 22.0. The minimum atomic E-state index is -0.156. The van der Waals surface area contributed by atoms with Crippen molar-refractivity contribution in [1.82, 2.24) is 29.3 Å². The average Bonchev–Trinajstić information content (AvgIpc) is 3.62. The fourth-order valence-corrected chi connectivity index (χ4v) is 5.20. The van der Waals surface area contributed by atoms with Gasteiger partial charge >= 0.3 is 0 Å². The number of benzene rings is 1. The number of aryl methyl sites for hydroxylation is 1. The molecule has 1 fully saturated rings. The van der Waals surface area contributed by atoms with Gasteiger partial charge in [-0.2, -0.15) is 15.5 Å². The third-order valence-corrected chi connectivity index (χ3v) is 7.41. The van der Waals surface area contributed by atoms with Crippen LogP contribution in [0.5, 0.6) is 0 Å². The van der Waals surface area contributed by atoms with E-state index in [4.69, 9.17) is 4.98 Å². The van der Waals surface area contributed by atoms with Crippen LogP contribution in [-0.2, 0) is 11.8 Å². The number of piperazine rings is 1. The number of aromatic nitrogens is 5. The Labute approximate surface area is 226 Å². The number of amides is 1. The molecule has 1 atom stereocenters. The first-order chi connectivity index (χ1) is 19.0. The fourth-order valence-electron chi connectivity index (χ4n) is 5.20. The highest BCUT2D eigenvalue weighted by atomic mass is 16.2. The fraction of sp³-hybridized carbons (Fsp3) is 0.233. The molecule has 0 bridgehead atoms. The molecule has 1 amide bonds. The molecule has 0 spiro atoms. The molecule has 5 aromatic rings. The van der Waals surface area contributed by atoms with Gasteiger partial charge in [0.05, 0.1) is 29.4 Å². The molecule has 1 unspecified atom stereocenters. The van der Waals surface area contributed by atoms with Gasteiger partial charge in [-0.1, -0.05) is 30.3 Å². The summed E-state index contributed by atoms with van der Waals surface area (Å²) in [6.07, 6.45) is 9.11. The maximum atomic E-state index is 13.1. The largest absolute Gasteiger partial charge is 0.353 e. The lowest BCUT2D eigenvalue weighted by Gasteiger charge is -2.36. The van der Waals surface area contributed by atoms with Crippen molar-refractivity contribution in [2.45, 2.75) is 12.8 Å². The second kappa shape index (κ2) is 10.1. The number of carbonyl (C=O) groups excluding carboxylic acids is 1. The lowest BCUT2D eigenvalue weighted by atomic mass is 9.99. The summed E-state index contributed by atoms with van der Waals surface area (Å²) >= 11 is 0. The van der Waals surface area contributed by atoms with Crippen molar-refractivity contribution >= 4 is 17.2 Å². The maximum Gasteiger partial charge on any atom is 0.229 e. The van der Waals surface area contributed by atoms with E-state index in [-0.39, 0.29) is 11.8 Å². The van der Waals surface area contributed by atoms with Crippen LogP contribution in [0.2, 0.25) is 0 Å². The van der Waals surface area contributed by atoms with Crippen molar-refractivity contribution < 1.29 is 4.79 Å². The van der Waals surface area contributed by atoms with E-state index < -0.39 is 0 Å². The van der Waals surface area contributed by atoms with Crippen LogP contribution in [-0.4, -0.2) is 61.4 Å².